The lowest BCUT2D eigenvalue weighted by molar-refractivity contribution is -0.137. The van der Waals surface area contributed by atoms with E-state index in [1.165, 1.54) is 0 Å². The second kappa shape index (κ2) is 7.73. The average molecular weight is 417 g/mol. The molecule has 8 nitrogen and oxygen atoms in total. The summed E-state index contributed by atoms with van der Waals surface area (Å²) in [5.41, 5.74) is 0.668. The first-order valence-electron chi connectivity index (χ1n) is 9.21. The van der Waals surface area contributed by atoms with E-state index in [9.17, 15) is 18.0 Å². The van der Waals surface area contributed by atoms with Gasteiger partial charge in [0.2, 0.25) is 5.95 Å². The van der Waals surface area contributed by atoms with Gasteiger partial charge in [-0.05, 0) is 24.6 Å². The number of nitrogens with zero attached hydrogens (tertiary/aromatic N) is 6. The number of alkyl halides is 3. The first-order chi connectivity index (χ1) is 14.3. The molecule has 1 N–H and O–H groups in total. The normalized spacial score (nSPS) is 16.7. The quantitative estimate of drug-likeness (QED) is 0.701. The van der Waals surface area contributed by atoms with Crippen LogP contribution in [0.15, 0.2) is 43.0 Å². The number of nitrogens with one attached hydrogen (secondary N) is 1. The number of pyridine rings is 1. The maximum absolute atomic E-state index is 12.6. The van der Waals surface area contributed by atoms with E-state index < -0.39 is 17.6 Å². The van der Waals surface area contributed by atoms with Gasteiger partial charge < -0.3 is 10.2 Å². The SMILES string of the molecule is Cn1cc(-c2ccnc(N3CCC(NC(=O)c4ccc(C(F)(F)F)cn4)C3)n2)cn1. The van der Waals surface area contributed by atoms with Gasteiger partial charge in [0.25, 0.3) is 5.91 Å². The number of halogens is 3. The highest BCUT2D eigenvalue weighted by atomic mass is 19.4. The number of amides is 1. The number of rotatable bonds is 4. The van der Waals surface area contributed by atoms with Gasteiger partial charge in [-0.25, -0.2) is 9.97 Å². The third kappa shape index (κ3) is 4.24. The highest BCUT2D eigenvalue weighted by Crippen LogP contribution is 2.28. The molecule has 156 valence electrons. The van der Waals surface area contributed by atoms with Crippen LogP contribution in [0.4, 0.5) is 19.1 Å². The first-order valence-corrected chi connectivity index (χ1v) is 9.21. The minimum Gasteiger partial charge on any atom is -0.346 e. The molecule has 1 atom stereocenters. The summed E-state index contributed by atoms with van der Waals surface area (Å²) in [5, 5.41) is 6.95. The van der Waals surface area contributed by atoms with Gasteiger partial charge in [0.1, 0.15) is 5.69 Å². The monoisotopic (exact) mass is 417 g/mol. The van der Waals surface area contributed by atoms with E-state index >= 15 is 0 Å². The molecule has 3 aromatic heterocycles. The van der Waals surface area contributed by atoms with Crippen LogP contribution < -0.4 is 10.2 Å². The van der Waals surface area contributed by atoms with Gasteiger partial charge >= 0.3 is 6.18 Å². The van der Waals surface area contributed by atoms with E-state index in [1.54, 1.807) is 23.1 Å². The fraction of sp³-hybridized carbons (Fsp3) is 0.316. The number of aryl methyl sites for hydroxylation is 1. The molecule has 3 aromatic rings. The van der Waals surface area contributed by atoms with Crippen LogP contribution in [0.1, 0.15) is 22.5 Å². The highest BCUT2D eigenvalue weighted by molar-refractivity contribution is 5.92. The lowest BCUT2D eigenvalue weighted by atomic mass is 10.2. The second-order valence-corrected chi connectivity index (χ2v) is 6.98. The molecule has 1 fully saturated rings. The van der Waals surface area contributed by atoms with Crippen molar-refractivity contribution in [2.75, 3.05) is 18.0 Å². The van der Waals surface area contributed by atoms with Crippen LogP contribution in [0.3, 0.4) is 0 Å². The standard InChI is InChI=1S/C19H18F3N7O/c1-28-10-12(8-25-28)15-4-6-23-18(27-15)29-7-5-14(11-29)26-17(30)16-3-2-13(9-24-16)19(20,21)22/h2-4,6,8-10,14H,5,7,11H2,1H3,(H,26,30). The Hall–Kier alpha value is -3.50. The van der Waals surface area contributed by atoms with Crippen LogP contribution >= 0.6 is 0 Å². The van der Waals surface area contributed by atoms with Gasteiger partial charge in [0.05, 0.1) is 17.5 Å². The molecule has 30 heavy (non-hydrogen) atoms. The van der Waals surface area contributed by atoms with Crippen LogP contribution in [0.25, 0.3) is 11.3 Å². The van der Waals surface area contributed by atoms with Gasteiger partial charge in [0, 0.05) is 50.3 Å². The molecule has 0 aliphatic carbocycles. The zero-order valence-electron chi connectivity index (χ0n) is 16.0. The van der Waals surface area contributed by atoms with Gasteiger partial charge in [-0.1, -0.05) is 0 Å². The lowest BCUT2D eigenvalue weighted by Gasteiger charge is -2.17. The van der Waals surface area contributed by atoms with Gasteiger partial charge in [0.15, 0.2) is 0 Å². The van der Waals surface area contributed by atoms with Crippen molar-refractivity contribution < 1.29 is 18.0 Å². The molecule has 1 amide bonds. The van der Waals surface area contributed by atoms with Crippen molar-refractivity contribution in [1.29, 1.82) is 0 Å². The summed E-state index contributed by atoms with van der Waals surface area (Å²) in [4.78, 5) is 26.8. The van der Waals surface area contributed by atoms with E-state index in [4.69, 9.17) is 0 Å². The Kier molecular flexibility index (Phi) is 5.10. The predicted molar refractivity (Wildman–Crippen MR) is 102 cm³/mol. The summed E-state index contributed by atoms with van der Waals surface area (Å²) in [7, 11) is 1.82. The molecule has 1 aliphatic heterocycles. The van der Waals surface area contributed by atoms with Crippen molar-refractivity contribution >= 4 is 11.9 Å². The average Bonchev–Trinajstić information content (AvgIpc) is 3.37. The van der Waals surface area contributed by atoms with E-state index in [2.05, 4.69) is 25.4 Å². The second-order valence-electron chi connectivity index (χ2n) is 6.98. The molecular formula is C19H18F3N7O. The van der Waals surface area contributed by atoms with Gasteiger partial charge in [-0.3, -0.25) is 14.5 Å². The van der Waals surface area contributed by atoms with Crippen molar-refractivity contribution in [2.24, 2.45) is 7.05 Å². The van der Waals surface area contributed by atoms with Crippen LogP contribution in [0.5, 0.6) is 0 Å². The van der Waals surface area contributed by atoms with Crippen molar-refractivity contribution in [3.8, 4) is 11.3 Å². The molecule has 1 aliphatic rings. The Labute approximate surface area is 169 Å². The summed E-state index contributed by atoms with van der Waals surface area (Å²) in [6.07, 6.45) is 2.08. The summed E-state index contributed by atoms with van der Waals surface area (Å²) < 4.78 is 39.6. The number of anilines is 1. The van der Waals surface area contributed by atoms with Crippen molar-refractivity contribution in [3.63, 3.8) is 0 Å². The maximum atomic E-state index is 12.6. The predicted octanol–water partition coefficient (Wildman–Crippen LogP) is 2.30. The molecule has 4 rings (SSSR count). The van der Waals surface area contributed by atoms with Crippen molar-refractivity contribution in [3.05, 3.63) is 54.2 Å². The Morgan fingerprint density at radius 1 is 1.20 bits per heavy atom. The number of aromatic nitrogens is 5. The largest absolute Gasteiger partial charge is 0.417 e. The minimum atomic E-state index is -4.49. The molecule has 11 heteroatoms. The van der Waals surface area contributed by atoms with Crippen LogP contribution in [-0.4, -0.2) is 49.8 Å². The number of hydrogen-bond acceptors (Lipinski definition) is 6. The smallest absolute Gasteiger partial charge is 0.346 e. The van der Waals surface area contributed by atoms with Crippen LogP contribution in [-0.2, 0) is 13.2 Å². The summed E-state index contributed by atoms with van der Waals surface area (Å²) in [6, 6.07) is 3.53. The summed E-state index contributed by atoms with van der Waals surface area (Å²) in [5.74, 6) is 0.0290. The van der Waals surface area contributed by atoms with E-state index in [1.807, 2.05) is 18.1 Å². The Morgan fingerprint density at radius 3 is 2.70 bits per heavy atom. The van der Waals surface area contributed by atoms with Crippen molar-refractivity contribution in [1.82, 2.24) is 30.0 Å². The number of carbonyl (C=O) groups is 1. The topological polar surface area (TPSA) is 88.8 Å². The number of carbonyl (C=O) groups excluding carboxylic acids is 1. The molecule has 0 radical (unpaired) electrons. The zero-order valence-corrected chi connectivity index (χ0v) is 16.0. The van der Waals surface area contributed by atoms with E-state index in [0.29, 0.717) is 31.7 Å². The minimum absolute atomic E-state index is 0.0590. The molecular weight excluding hydrogens is 399 g/mol. The molecule has 0 aromatic carbocycles. The first kappa shape index (κ1) is 19.8. The van der Waals surface area contributed by atoms with E-state index in [-0.39, 0.29) is 11.7 Å². The maximum Gasteiger partial charge on any atom is 0.417 e. The summed E-state index contributed by atoms with van der Waals surface area (Å²) >= 11 is 0. The molecule has 0 spiro atoms. The Morgan fingerprint density at radius 2 is 2.03 bits per heavy atom. The lowest BCUT2D eigenvalue weighted by Crippen LogP contribution is -2.37. The molecule has 0 saturated carbocycles. The molecule has 1 saturated heterocycles. The highest BCUT2D eigenvalue weighted by Gasteiger charge is 2.31. The third-order valence-electron chi connectivity index (χ3n) is 4.77. The van der Waals surface area contributed by atoms with Gasteiger partial charge in [-0.15, -0.1) is 0 Å². The van der Waals surface area contributed by atoms with E-state index in [0.717, 1.165) is 23.4 Å². The molecule has 0 bridgehead atoms. The molecule has 4 heterocycles. The zero-order chi connectivity index (χ0) is 21.3. The summed E-state index contributed by atoms with van der Waals surface area (Å²) in [6.45, 7) is 1.13. The van der Waals surface area contributed by atoms with Crippen LogP contribution in [0.2, 0.25) is 0 Å². The number of hydrogen-bond donors (Lipinski definition) is 1. The third-order valence-corrected chi connectivity index (χ3v) is 4.77. The van der Waals surface area contributed by atoms with Gasteiger partial charge in [-0.2, -0.15) is 18.3 Å². The fourth-order valence-corrected chi connectivity index (χ4v) is 3.23. The van der Waals surface area contributed by atoms with Crippen molar-refractivity contribution in [2.45, 2.75) is 18.6 Å². The fourth-order valence-electron chi connectivity index (χ4n) is 3.23. The Bertz CT molecular complexity index is 1050. The molecule has 1 unspecified atom stereocenters. The van der Waals surface area contributed by atoms with Crippen LogP contribution in [0, 0.1) is 0 Å². The Balaban J connectivity index is 1.39.